The van der Waals surface area contributed by atoms with E-state index in [-0.39, 0.29) is 0 Å². The molecule has 1 unspecified atom stereocenters. The van der Waals surface area contributed by atoms with Crippen molar-refractivity contribution in [2.24, 2.45) is 5.73 Å². The van der Waals surface area contributed by atoms with Gasteiger partial charge in [0.1, 0.15) is 5.82 Å². The van der Waals surface area contributed by atoms with Crippen molar-refractivity contribution in [2.45, 2.75) is 19.9 Å². The van der Waals surface area contributed by atoms with Crippen molar-refractivity contribution in [1.29, 1.82) is 0 Å². The summed E-state index contributed by atoms with van der Waals surface area (Å²) in [6.07, 6.45) is 0. The van der Waals surface area contributed by atoms with Crippen LogP contribution in [0.15, 0.2) is 30.3 Å². The molecule has 2 nitrogen and oxygen atoms in total. The van der Waals surface area contributed by atoms with Gasteiger partial charge in [0.05, 0.1) is 11.7 Å². The van der Waals surface area contributed by atoms with E-state index in [1.165, 1.54) is 6.07 Å². The normalized spacial score (nSPS) is 12.5. The molecule has 0 aliphatic rings. The summed E-state index contributed by atoms with van der Waals surface area (Å²) in [7, 11) is 0. The van der Waals surface area contributed by atoms with Crippen LogP contribution in [0.5, 0.6) is 0 Å². The number of pyridine rings is 1. The molecule has 1 aromatic heterocycles. The first-order chi connectivity index (χ1) is 8.47. The van der Waals surface area contributed by atoms with Crippen molar-refractivity contribution in [3.8, 4) is 0 Å². The number of aromatic nitrogens is 1. The quantitative estimate of drug-likeness (QED) is 0.901. The Labute approximate surface area is 111 Å². The van der Waals surface area contributed by atoms with Gasteiger partial charge < -0.3 is 5.73 Å². The van der Waals surface area contributed by atoms with Crippen LogP contribution in [0.3, 0.4) is 0 Å². The van der Waals surface area contributed by atoms with Crippen LogP contribution >= 0.6 is 11.6 Å². The average Bonchev–Trinajstić information content (AvgIpc) is 2.26. The highest BCUT2D eigenvalue weighted by atomic mass is 35.5. The molecule has 1 heterocycles. The topological polar surface area (TPSA) is 38.9 Å². The van der Waals surface area contributed by atoms with Crippen LogP contribution in [-0.4, -0.2) is 4.98 Å². The molecule has 2 N–H and O–H groups in total. The highest BCUT2D eigenvalue weighted by molar-refractivity contribution is 6.30. The highest BCUT2D eigenvalue weighted by Gasteiger charge is 2.15. The number of halogens is 2. The van der Waals surface area contributed by atoms with Crippen molar-refractivity contribution in [3.63, 3.8) is 0 Å². The molecule has 0 fully saturated rings. The number of benzene rings is 1. The van der Waals surface area contributed by atoms with Gasteiger partial charge in [0, 0.05) is 16.3 Å². The van der Waals surface area contributed by atoms with E-state index in [0.717, 1.165) is 11.3 Å². The Morgan fingerprint density at radius 1 is 1.22 bits per heavy atom. The molecule has 4 heteroatoms. The van der Waals surface area contributed by atoms with Gasteiger partial charge in [0.2, 0.25) is 0 Å². The standard InChI is InChI=1S/C14H14ClFN2/c1-8-5-9(2)18-13(6-8)14(17)11-4-3-10(15)7-12(11)16/h3-7,14H,17H2,1-2H3. The molecule has 1 aromatic carbocycles. The SMILES string of the molecule is Cc1cc(C)nc(C(N)c2ccc(Cl)cc2F)c1. The number of aryl methyl sites for hydroxylation is 2. The van der Waals surface area contributed by atoms with Crippen LogP contribution in [-0.2, 0) is 0 Å². The molecular formula is C14H14ClFN2. The second-order valence-corrected chi connectivity index (χ2v) is 4.79. The lowest BCUT2D eigenvalue weighted by Crippen LogP contribution is -2.15. The number of nitrogens with two attached hydrogens (primary N) is 1. The lowest BCUT2D eigenvalue weighted by Gasteiger charge is -2.14. The second-order valence-electron chi connectivity index (χ2n) is 4.35. The van der Waals surface area contributed by atoms with Gasteiger partial charge >= 0.3 is 0 Å². The summed E-state index contributed by atoms with van der Waals surface area (Å²) in [5, 5.41) is 0.358. The van der Waals surface area contributed by atoms with E-state index in [0.29, 0.717) is 16.3 Å². The zero-order valence-corrected chi connectivity index (χ0v) is 11.0. The molecule has 0 bridgehead atoms. The van der Waals surface area contributed by atoms with E-state index < -0.39 is 11.9 Å². The molecule has 2 aromatic rings. The van der Waals surface area contributed by atoms with Crippen molar-refractivity contribution >= 4 is 11.6 Å². The number of hydrogen-bond donors (Lipinski definition) is 1. The highest BCUT2D eigenvalue weighted by Crippen LogP contribution is 2.24. The maximum atomic E-state index is 13.8. The molecule has 0 aliphatic heterocycles. The molecule has 0 aliphatic carbocycles. The Kier molecular flexibility index (Phi) is 3.64. The Balaban J connectivity index is 2.44. The minimum absolute atomic E-state index is 0.358. The minimum atomic E-state index is -0.583. The summed E-state index contributed by atoms with van der Waals surface area (Å²) in [5.74, 6) is -0.407. The molecule has 1 atom stereocenters. The van der Waals surface area contributed by atoms with Crippen LogP contribution in [0.2, 0.25) is 5.02 Å². The van der Waals surface area contributed by atoms with Gasteiger partial charge in [0.15, 0.2) is 0 Å². The minimum Gasteiger partial charge on any atom is -0.319 e. The third kappa shape index (κ3) is 2.68. The van der Waals surface area contributed by atoms with Gasteiger partial charge in [-0.25, -0.2) is 4.39 Å². The van der Waals surface area contributed by atoms with Crippen molar-refractivity contribution in [2.75, 3.05) is 0 Å². The Hall–Kier alpha value is -1.45. The molecule has 0 radical (unpaired) electrons. The smallest absolute Gasteiger partial charge is 0.129 e. The van der Waals surface area contributed by atoms with Crippen LogP contribution in [0.4, 0.5) is 4.39 Å². The van der Waals surface area contributed by atoms with E-state index in [1.807, 2.05) is 26.0 Å². The summed E-state index contributed by atoms with van der Waals surface area (Å²) in [5.41, 5.74) is 9.05. The summed E-state index contributed by atoms with van der Waals surface area (Å²) in [6, 6.07) is 7.73. The molecule has 0 saturated carbocycles. The van der Waals surface area contributed by atoms with Crippen molar-refractivity contribution < 1.29 is 4.39 Å². The third-order valence-corrected chi connectivity index (χ3v) is 2.97. The maximum absolute atomic E-state index is 13.8. The third-order valence-electron chi connectivity index (χ3n) is 2.73. The monoisotopic (exact) mass is 264 g/mol. The predicted molar refractivity (Wildman–Crippen MR) is 71.2 cm³/mol. The first-order valence-corrected chi connectivity index (χ1v) is 6.01. The van der Waals surface area contributed by atoms with Gasteiger partial charge in [-0.15, -0.1) is 0 Å². The van der Waals surface area contributed by atoms with E-state index in [1.54, 1.807) is 12.1 Å². The van der Waals surface area contributed by atoms with Gasteiger partial charge in [-0.1, -0.05) is 17.7 Å². The summed E-state index contributed by atoms with van der Waals surface area (Å²) >= 11 is 5.72. The summed E-state index contributed by atoms with van der Waals surface area (Å²) in [4.78, 5) is 4.35. The van der Waals surface area contributed by atoms with Crippen molar-refractivity contribution in [3.05, 3.63) is 63.7 Å². The summed E-state index contributed by atoms with van der Waals surface area (Å²) < 4.78 is 13.8. The van der Waals surface area contributed by atoms with Gasteiger partial charge in [-0.05, 0) is 43.7 Å². The fraction of sp³-hybridized carbons (Fsp3) is 0.214. The molecule has 0 amide bonds. The zero-order valence-electron chi connectivity index (χ0n) is 10.2. The molecule has 18 heavy (non-hydrogen) atoms. The number of rotatable bonds is 2. The zero-order chi connectivity index (χ0) is 13.3. The lowest BCUT2D eigenvalue weighted by atomic mass is 10.0. The van der Waals surface area contributed by atoms with Crippen molar-refractivity contribution in [1.82, 2.24) is 4.98 Å². The Morgan fingerprint density at radius 2 is 1.94 bits per heavy atom. The molecule has 0 saturated heterocycles. The average molecular weight is 265 g/mol. The van der Waals surface area contributed by atoms with Crippen LogP contribution in [0.1, 0.15) is 28.6 Å². The van der Waals surface area contributed by atoms with E-state index in [2.05, 4.69) is 4.98 Å². The molecule has 2 rings (SSSR count). The Bertz CT molecular complexity index is 564. The van der Waals surface area contributed by atoms with E-state index in [4.69, 9.17) is 17.3 Å². The molecular weight excluding hydrogens is 251 g/mol. The fourth-order valence-corrected chi connectivity index (χ4v) is 2.10. The predicted octanol–water partition coefficient (Wildman–Crippen LogP) is 3.54. The molecule has 0 spiro atoms. The van der Waals surface area contributed by atoms with Crippen LogP contribution < -0.4 is 5.73 Å². The van der Waals surface area contributed by atoms with Gasteiger partial charge in [-0.3, -0.25) is 4.98 Å². The van der Waals surface area contributed by atoms with Crippen LogP contribution in [0.25, 0.3) is 0 Å². The maximum Gasteiger partial charge on any atom is 0.129 e. The van der Waals surface area contributed by atoms with Gasteiger partial charge in [0.25, 0.3) is 0 Å². The largest absolute Gasteiger partial charge is 0.319 e. The van der Waals surface area contributed by atoms with E-state index >= 15 is 0 Å². The molecule has 94 valence electrons. The lowest BCUT2D eigenvalue weighted by molar-refractivity contribution is 0.597. The number of nitrogens with zero attached hydrogens (tertiary/aromatic N) is 1. The van der Waals surface area contributed by atoms with Crippen LogP contribution in [0, 0.1) is 19.7 Å². The Morgan fingerprint density at radius 3 is 2.56 bits per heavy atom. The number of hydrogen-bond acceptors (Lipinski definition) is 2. The first kappa shape index (κ1) is 13.0. The second kappa shape index (κ2) is 5.04. The summed E-state index contributed by atoms with van der Waals surface area (Å²) in [6.45, 7) is 3.85. The first-order valence-electron chi connectivity index (χ1n) is 5.63. The van der Waals surface area contributed by atoms with Gasteiger partial charge in [-0.2, -0.15) is 0 Å². The van der Waals surface area contributed by atoms with E-state index in [9.17, 15) is 4.39 Å². The fourth-order valence-electron chi connectivity index (χ4n) is 1.94.